The van der Waals surface area contributed by atoms with Crippen LogP contribution in [0.1, 0.15) is 80.4 Å². The van der Waals surface area contributed by atoms with E-state index in [4.69, 9.17) is 11.6 Å². The van der Waals surface area contributed by atoms with E-state index in [9.17, 15) is 4.39 Å². The molecule has 0 bridgehead atoms. The Labute approximate surface area is 128 Å². The molecule has 20 heavy (non-hydrogen) atoms. The van der Waals surface area contributed by atoms with E-state index in [0.29, 0.717) is 11.1 Å². The minimum absolute atomic E-state index is 0.0173. The van der Waals surface area contributed by atoms with Crippen LogP contribution < -0.4 is 0 Å². The number of alkyl halides is 1. The molecule has 0 aromatic heterocycles. The summed E-state index contributed by atoms with van der Waals surface area (Å²) in [7, 11) is 0. The fraction of sp³-hybridized carbons (Fsp3) is 0.667. The molecule has 0 nitrogen and oxygen atoms in total. The van der Waals surface area contributed by atoms with Crippen LogP contribution in [0.25, 0.3) is 0 Å². The van der Waals surface area contributed by atoms with Crippen LogP contribution in [0.2, 0.25) is 0 Å². The fourth-order valence-electron chi connectivity index (χ4n) is 2.61. The van der Waals surface area contributed by atoms with Gasteiger partial charge in [0.05, 0.1) is 5.38 Å². The quantitative estimate of drug-likeness (QED) is 0.345. The molecule has 2 heteroatoms. The normalized spacial score (nSPS) is 12.7. The lowest BCUT2D eigenvalue weighted by Crippen LogP contribution is -1.96. The van der Waals surface area contributed by atoms with Crippen molar-refractivity contribution in [3.8, 4) is 0 Å². The first-order valence-corrected chi connectivity index (χ1v) is 8.40. The second-order valence-electron chi connectivity index (χ2n) is 5.85. The number of hydrogen-bond donors (Lipinski definition) is 0. The first-order valence-electron chi connectivity index (χ1n) is 7.97. The molecule has 0 aliphatic heterocycles. The highest BCUT2D eigenvalue weighted by Gasteiger charge is 2.11. The average molecular weight is 299 g/mol. The van der Waals surface area contributed by atoms with Gasteiger partial charge < -0.3 is 0 Å². The fourth-order valence-corrected chi connectivity index (χ4v) is 2.89. The van der Waals surface area contributed by atoms with Crippen molar-refractivity contribution in [1.29, 1.82) is 0 Å². The molecule has 0 spiro atoms. The molecule has 0 saturated heterocycles. The molecule has 0 heterocycles. The van der Waals surface area contributed by atoms with Crippen molar-refractivity contribution in [3.63, 3.8) is 0 Å². The van der Waals surface area contributed by atoms with Crippen LogP contribution in [0, 0.1) is 19.7 Å². The third-order valence-electron chi connectivity index (χ3n) is 3.88. The maximum atomic E-state index is 13.6. The maximum Gasteiger partial charge on any atom is 0.129 e. The zero-order valence-corrected chi connectivity index (χ0v) is 13.9. The molecule has 0 aliphatic carbocycles. The molecule has 1 aromatic carbocycles. The van der Waals surface area contributed by atoms with Gasteiger partial charge in [0.2, 0.25) is 0 Å². The summed E-state index contributed by atoms with van der Waals surface area (Å²) in [6.45, 7) is 5.86. The molecular weight excluding hydrogens is 271 g/mol. The summed E-state index contributed by atoms with van der Waals surface area (Å²) in [5.41, 5.74) is 2.46. The third-order valence-corrected chi connectivity index (χ3v) is 4.35. The van der Waals surface area contributed by atoms with Crippen LogP contribution in [0.4, 0.5) is 4.39 Å². The molecule has 0 aliphatic rings. The van der Waals surface area contributed by atoms with Crippen molar-refractivity contribution in [1.82, 2.24) is 0 Å². The van der Waals surface area contributed by atoms with E-state index in [1.54, 1.807) is 0 Å². The van der Waals surface area contributed by atoms with Gasteiger partial charge in [0.25, 0.3) is 0 Å². The summed E-state index contributed by atoms with van der Waals surface area (Å²) in [4.78, 5) is 0. The van der Waals surface area contributed by atoms with Gasteiger partial charge in [-0.1, -0.05) is 64.0 Å². The van der Waals surface area contributed by atoms with Gasteiger partial charge >= 0.3 is 0 Å². The lowest BCUT2D eigenvalue weighted by Gasteiger charge is -2.12. The van der Waals surface area contributed by atoms with Crippen LogP contribution in [0.15, 0.2) is 12.1 Å². The van der Waals surface area contributed by atoms with Gasteiger partial charge in [-0.2, -0.15) is 0 Å². The van der Waals surface area contributed by atoms with E-state index < -0.39 is 0 Å². The van der Waals surface area contributed by atoms with Gasteiger partial charge in [-0.05, 0) is 37.0 Å². The topological polar surface area (TPSA) is 0 Å². The highest BCUT2D eigenvalue weighted by atomic mass is 35.5. The zero-order valence-electron chi connectivity index (χ0n) is 13.1. The number of benzene rings is 1. The molecule has 0 radical (unpaired) electrons. The predicted octanol–water partition coefficient (Wildman–Crippen LogP) is 6.86. The summed E-state index contributed by atoms with van der Waals surface area (Å²) in [5.74, 6) is -0.103. The van der Waals surface area contributed by atoms with E-state index in [2.05, 4.69) is 6.92 Å². The molecule has 0 fully saturated rings. The Morgan fingerprint density at radius 3 is 2.00 bits per heavy atom. The molecule has 114 valence electrons. The minimum Gasteiger partial charge on any atom is -0.206 e. The standard InChI is InChI=1S/C18H28ClF/c1-4-5-6-7-8-9-10-11-17(19)16-12-14(2)18(20)15(3)13-16/h12-13,17H,4-11H2,1-3H3. The lowest BCUT2D eigenvalue weighted by molar-refractivity contribution is 0.571. The highest BCUT2D eigenvalue weighted by molar-refractivity contribution is 6.20. The average Bonchev–Trinajstić information content (AvgIpc) is 2.43. The van der Waals surface area contributed by atoms with Crippen molar-refractivity contribution < 1.29 is 4.39 Å². The number of rotatable bonds is 9. The molecule has 0 saturated carbocycles. The molecule has 0 amide bonds. The van der Waals surface area contributed by atoms with E-state index in [1.165, 1.54) is 38.5 Å². The third kappa shape index (κ3) is 5.83. The van der Waals surface area contributed by atoms with Crippen LogP contribution in [0.3, 0.4) is 0 Å². The SMILES string of the molecule is CCCCCCCCCC(Cl)c1cc(C)c(F)c(C)c1. The number of halogens is 2. The van der Waals surface area contributed by atoms with Gasteiger partial charge in [0.1, 0.15) is 5.82 Å². The molecule has 1 atom stereocenters. The Morgan fingerprint density at radius 2 is 1.45 bits per heavy atom. The van der Waals surface area contributed by atoms with Crippen LogP contribution in [-0.2, 0) is 0 Å². The Kier molecular flexibility index (Phi) is 8.21. The number of unbranched alkanes of at least 4 members (excludes halogenated alkanes) is 6. The molecule has 0 N–H and O–H groups in total. The molecular formula is C18H28ClF. The van der Waals surface area contributed by atoms with E-state index >= 15 is 0 Å². The Bertz CT molecular complexity index is 377. The monoisotopic (exact) mass is 298 g/mol. The van der Waals surface area contributed by atoms with Crippen molar-refractivity contribution in [2.75, 3.05) is 0 Å². The maximum absolute atomic E-state index is 13.6. The predicted molar refractivity (Wildman–Crippen MR) is 87.1 cm³/mol. The number of aryl methyl sites for hydroxylation is 2. The van der Waals surface area contributed by atoms with Gasteiger partial charge in [-0.3, -0.25) is 0 Å². The number of hydrogen-bond acceptors (Lipinski definition) is 0. The Balaban J connectivity index is 2.31. The van der Waals surface area contributed by atoms with Gasteiger partial charge in [-0.25, -0.2) is 4.39 Å². The van der Waals surface area contributed by atoms with E-state index in [0.717, 1.165) is 18.4 Å². The first-order chi connectivity index (χ1) is 9.56. The van der Waals surface area contributed by atoms with Gasteiger partial charge in [0.15, 0.2) is 0 Å². The Morgan fingerprint density at radius 1 is 0.950 bits per heavy atom. The highest BCUT2D eigenvalue weighted by Crippen LogP contribution is 2.29. The van der Waals surface area contributed by atoms with Crippen LogP contribution >= 0.6 is 11.6 Å². The van der Waals surface area contributed by atoms with Crippen molar-refractivity contribution >= 4 is 11.6 Å². The summed E-state index contributed by atoms with van der Waals surface area (Å²) in [6.07, 6.45) is 10.1. The summed E-state index contributed by atoms with van der Waals surface area (Å²) in [5, 5.41) is 0.0173. The van der Waals surface area contributed by atoms with E-state index in [1.807, 2.05) is 26.0 Å². The minimum atomic E-state index is -0.103. The largest absolute Gasteiger partial charge is 0.206 e. The zero-order chi connectivity index (χ0) is 15.0. The van der Waals surface area contributed by atoms with Crippen molar-refractivity contribution in [3.05, 3.63) is 34.6 Å². The Hall–Kier alpha value is -0.560. The summed E-state index contributed by atoms with van der Waals surface area (Å²) >= 11 is 6.44. The van der Waals surface area contributed by atoms with Gasteiger partial charge in [0, 0.05) is 0 Å². The van der Waals surface area contributed by atoms with E-state index in [-0.39, 0.29) is 11.2 Å². The van der Waals surface area contributed by atoms with Crippen LogP contribution in [0.5, 0.6) is 0 Å². The smallest absolute Gasteiger partial charge is 0.129 e. The van der Waals surface area contributed by atoms with Crippen molar-refractivity contribution in [2.24, 2.45) is 0 Å². The molecule has 1 aromatic rings. The lowest BCUT2D eigenvalue weighted by atomic mass is 10.00. The first kappa shape index (κ1) is 17.5. The summed E-state index contributed by atoms with van der Waals surface area (Å²) in [6, 6.07) is 3.78. The van der Waals surface area contributed by atoms with Crippen LogP contribution in [-0.4, -0.2) is 0 Å². The molecule has 1 unspecified atom stereocenters. The summed E-state index contributed by atoms with van der Waals surface area (Å²) < 4.78 is 13.6. The van der Waals surface area contributed by atoms with Gasteiger partial charge in [-0.15, -0.1) is 11.6 Å². The second-order valence-corrected chi connectivity index (χ2v) is 6.37. The second kappa shape index (κ2) is 9.39. The molecule has 1 rings (SSSR count). The van der Waals surface area contributed by atoms with Crippen molar-refractivity contribution in [2.45, 2.75) is 77.5 Å².